The Kier molecular flexibility index (Phi) is 3.69. The van der Waals surface area contributed by atoms with E-state index >= 15 is 0 Å². The molecule has 0 aliphatic heterocycles. The van der Waals surface area contributed by atoms with Crippen molar-refractivity contribution >= 4 is 44.0 Å². The maximum absolute atomic E-state index is 9.57. The fourth-order valence-corrected chi connectivity index (χ4v) is 2.55. The average molecular weight is 359 g/mol. The predicted octanol–water partition coefficient (Wildman–Crippen LogP) is 4.38. The summed E-state index contributed by atoms with van der Waals surface area (Å²) >= 11 is 6.56. The minimum absolute atomic E-state index is 0.194. The molecule has 0 radical (unpaired) electrons. The Morgan fingerprint density at radius 1 is 1.18 bits per heavy atom. The Bertz CT molecular complexity index is 553. The molecule has 0 amide bonds. The smallest absolute Gasteiger partial charge is 0.143 e. The molecule has 0 unspecified atom stereocenters. The van der Waals surface area contributed by atoms with Gasteiger partial charge in [-0.05, 0) is 62.6 Å². The van der Waals surface area contributed by atoms with Crippen LogP contribution in [0.4, 0.5) is 0 Å². The summed E-state index contributed by atoms with van der Waals surface area (Å²) in [6.45, 7) is 1.85. The van der Waals surface area contributed by atoms with Crippen LogP contribution in [0.15, 0.2) is 31.7 Å². The van der Waals surface area contributed by atoms with Crippen LogP contribution in [-0.2, 0) is 0 Å². The quantitative estimate of drug-likeness (QED) is 0.866. The van der Waals surface area contributed by atoms with Crippen LogP contribution in [0, 0.1) is 6.92 Å². The monoisotopic (exact) mass is 357 g/mol. The first-order valence-electron chi connectivity index (χ1n) is 4.85. The highest BCUT2D eigenvalue weighted by molar-refractivity contribution is 9.11. The van der Waals surface area contributed by atoms with E-state index < -0.39 is 0 Å². The number of aromatic hydroxyl groups is 1. The van der Waals surface area contributed by atoms with Crippen molar-refractivity contribution in [2.45, 2.75) is 6.92 Å². The van der Waals surface area contributed by atoms with Gasteiger partial charge in [0.15, 0.2) is 0 Å². The molecule has 0 atom stereocenters. The molecule has 0 bridgehead atoms. The Balaban J connectivity index is 2.27. The summed E-state index contributed by atoms with van der Waals surface area (Å²) in [7, 11) is 0. The van der Waals surface area contributed by atoms with E-state index in [4.69, 9.17) is 4.52 Å². The second-order valence-corrected chi connectivity index (χ2v) is 5.24. The maximum atomic E-state index is 9.57. The van der Waals surface area contributed by atoms with Crippen molar-refractivity contribution in [3.8, 4) is 5.75 Å². The molecule has 0 saturated heterocycles. The first-order chi connectivity index (χ1) is 8.06. The van der Waals surface area contributed by atoms with Gasteiger partial charge in [-0.15, -0.1) is 0 Å². The molecule has 1 N–H and O–H groups in total. The van der Waals surface area contributed by atoms with Crippen LogP contribution < -0.4 is 0 Å². The minimum atomic E-state index is 0.194. The van der Waals surface area contributed by atoms with E-state index in [9.17, 15) is 5.11 Å². The highest BCUT2D eigenvalue weighted by Crippen LogP contribution is 2.33. The van der Waals surface area contributed by atoms with Crippen LogP contribution in [-0.4, -0.2) is 10.3 Å². The molecular weight excluding hydrogens is 350 g/mol. The number of nitrogens with zero attached hydrogens (tertiary/aromatic N) is 1. The average Bonchev–Trinajstić information content (AvgIpc) is 2.69. The van der Waals surface area contributed by atoms with Gasteiger partial charge in [-0.25, -0.2) is 0 Å². The van der Waals surface area contributed by atoms with Crippen molar-refractivity contribution in [3.63, 3.8) is 0 Å². The summed E-state index contributed by atoms with van der Waals surface area (Å²) in [4.78, 5) is 0. The topological polar surface area (TPSA) is 46.3 Å². The Labute approximate surface area is 115 Å². The van der Waals surface area contributed by atoms with Crippen LogP contribution in [0.3, 0.4) is 0 Å². The molecule has 3 nitrogen and oxygen atoms in total. The summed E-state index contributed by atoms with van der Waals surface area (Å²) in [5.74, 6) is 0.970. The van der Waals surface area contributed by atoms with E-state index in [1.165, 1.54) is 0 Å². The van der Waals surface area contributed by atoms with Crippen molar-refractivity contribution in [2.75, 3.05) is 0 Å². The largest absolute Gasteiger partial charge is 0.506 e. The molecule has 0 fully saturated rings. The molecule has 1 aromatic heterocycles. The van der Waals surface area contributed by atoms with Gasteiger partial charge in [0.2, 0.25) is 0 Å². The summed E-state index contributed by atoms with van der Waals surface area (Å²) in [5, 5.41) is 13.4. The first-order valence-corrected chi connectivity index (χ1v) is 6.44. The normalized spacial score (nSPS) is 11.2. The lowest BCUT2D eigenvalue weighted by molar-refractivity contribution is 0.396. The maximum Gasteiger partial charge on any atom is 0.143 e. The number of halogens is 2. The lowest BCUT2D eigenvalue weighted by Gasteiger charge is -2.01. The summed E-state index contributed by atoms with van der Waals surface area (Å²) in [6.07, 6.45) is 3.74. The van der Waals surface area contributed by atoms with E-state index in [0.717, 1.165) is 17.0 Å². The van der Waals surface area contributed by atoms with Crippen molar-refractivity contribution in [2.24, 2.45) is 0 Å². The Morgan fingerprint density at radius 3 is 2.35 bits per heavy atom. The second-order valence-electron chi connectivity index (χ2n) is 3.53. The molecule has 0 spiro atoms. The zero-order valence-corrected chi connectivity index (χ0v) is 12.1. The molecule has 88 valence electrons. The highest BCUT2D eigenvalue weighted by atomic mass is 79.9. The third-order valence-corrected chi connectivity index (χ3v) is 3.34. The van der Waals surface area contributed by atoms with Gasteiger partial charge in [0.1, 0.15) is 17.2 Å². The number of phenols is 1. The number of hydrogen-bond donors (Lipinski definition) is 1. The van der Waals surface area contributed by atoms with Crippen molar-refractivity contribution in [3.05, 3.63) is 44.2 Å². The molecule has 1 heterocycles. The lowest BCUT2D eigenvalue weighted by atomic mass is 10.2. The summed E-state index contributed by atoms with van der Waals surface area (Å²) in [6, 6.07) is 5.49. The van der Waals surface area contributed by atoms with Gasteiger partial charge >= 0.3 is 0 Å². The van der Waals surface area contributed by atoms with E-state index in [2.05, 4.69) is 37.0 Å². The fourth-order valence-electron chi connectivity index (χ4n) is 1.33. The van der Waals surface area contributed by atoms with Crippen molar-refractivity contribution in [1.29, 1.82) is 0 Å². The summed E-state index contributed by atoms with van der Waals surface area (Å²) < 4.78 is 6.24. The molecule has 2 aromatic rings. The van der Waals surface area contributed by atoms with E-state index in [1.54, 1.807) is 0 Å². The number of aryl methyl sites for hydroxylation is 1. The van der Waals surface area contributed by atoms with Crippen LogP contribution in [0.1, 0.15) is 17.0 Å². The number of aromatic nitrogens is 1. The molecule has 2 rings (SSSR count). The standard InChI is InChI=1S/C12H9Br2NO2/c1-7-4-9(15-17-7)3-2-8-5-10(13)12(16)11(14)6-8/h2-6,16H,1H3. The predicted molar refractivity (Wildman–Crippen MR) is 73.7 cm³/mol. The molecule has 0 aliphatic rings. The fraction of sp³-hybridized carbons (Fsp3) is 0.0833. The minimum Gasteiger partial charge on any atom is -0.506 e. The van der Waals surface area contributed by atoms with Crippen LogP contribution >= 0.6 is 31.9 Å². The molecule has 5 heteroatoms. The molecule has 0 aliphatic carbocycles. The van der Waals surface area contributed by atoms with Gasteiger partial charge < -0.3 is 9.63 Å². The number of rotatable bonds is 2. The molecule has 1 aromatic carbocycles. The van der Waals surface area contributed by atoms with Gasteiger partial charge in [-0.3, -0.25) is 0 Å². The lowest BCUT2D eigenvalue weighted by Crippen LogP contribution is -1.77. The second kappa shape index (κ2) is 5.06. The zero-order valence-electron chi connectivity index (χ0n) is 8.95. The van der Waals surface area contributed by atoms with Crippen LogP contribution in [0.5, 0.6) is 5.75 Å². The van der Waals surface area contributed by atoms with Crippen molar-refractivity contribution in [1.82, 2.24) is 5.16 Å². The Hall–Kier alpha value is -1.07. The zero-order chi connectivity index (χ0) is 12.4. The molecule has 0 saturated carbocycles. The van der Waals surface area contributed by atoms with E-state index in [1.807, 2.05) is 37.3 Å². The van der Waals surface area contributed by atoms with Gasteiger partial charge in [0.05, 0.1) is 8.95 Å². The van der Waals surface area contributed by atoms with Crippen molar-refractivity contribution < 1.29 is 9.63 Å². The first kappa shape index (κ1) is 12.4. The third-order valence-electron chi connectivity index (χ3n) is 2.13. The number of benzene rings is 1. The van der Waals surface area contributed by atoms with Gasteiger partial charge in [-0.2, -0.15) is 0 Å². The van der Waals surface area contributed by atoms with Crippen LogP contribution in [0.2, 0.25) is 0 Å². The highest BCUT2D eigenvalue weighted by Gasteiger charge is 2.04. The van der Waals surface area contributed by atoms with Crippen LogP contribution in [0.25, 0.3) is 12.2 Å². The third kappa shape index (κ3) is 2.98. The Morgan fingerprint density at radius 2 is 1.82 bits per heavy atom. The number of phenolic OH excluding ortho intramolecular Hbond substituents is 1. The number of hydrogen-bond acceptors (Lipinski definition) is 3. The van der Waals surface area contributed by atoms with Gasteiger partial charge in [0.25, 0.3) is 0 Å². The van der Waals surface area contributed by atoms with Gasteiger partial charge in [0, 0.05) is 6.07 Å². The van der Waals surface area contributed by atoms with E-state index in [0.29, 0.717) is 8.95 Å². The van der Waals surface area contributed by atoms with E-state index in [-0.39, 0.29) is 5.75 Å². The molecular formula is C12H9Br2NO2. The molecule has 17 heavy (non-hydrogen) atoms. The van der Waals surface area contributed by atoms with Gasteiger partial charge in [-0.1, -0.05) is 11.2 Å². The summed E-state index contributed by atoms with van der Waals surface area (Å²) in [5.41, 5.74) is 1.71. The SMILES string of the molecule is Cc1cc(C=Cc2cc(Br)c(O)c(Br)c2)no1.